The van der Waals surface area contributed by atoms with Gasteiger partial charge in [0, 0.05) is 18.8 Å². The highest BCUT2D eigenvalue weighted by Crippen LogP contribution is 2.25. The number of thioether (sulfide) groups is 1. The second kappa shape index (κ2) is 14.5. The highest BCUT2D eigenvalue weighted by atomic mass is 35.5. The number of carbonyl (C=O) groups excluding carboxylic acids is 2. The lowest BCUT2D eigenvalue weighted by molar-refractivity contribution is -0.138. The lowest BCUT2D eigenvalue weighted by Crippen LogP contribution is -2.50. The first kappa shape index (κ1) is 26.6. The van der Waals surface area contributed by atoms with Crippen LogP contribution in [0.15, 0.2) is 48.5 Å². The summed E-state index contributed by atoms with van der Waals surface area (Å²) in [6.45, 7) is 5.19. The van der Waals surface area contributed by atoms with Gasteiger partial charge in [0.25, 0.3) is 0 Å². The molecule has 0 aliphatic carbocycles. The summed E-state index contributed by atoms with van der Waals surface area (Å²) in [6, 6.07) is 15.1. The molecule has 1 N–H and O–H groups in total. The zero-order chi connectivity index (χ0) is 23.3. The number of nitrogens with one attached hydrogen (secondary N) is 1. The van der Waals surface area contributed by atoms with Gasteiger partial charge in [0.1, 0.15) is 6.04 Å². The van der Waals surface area contributed by atoms with E-state index in [1.165, 1.54) is 11.8 Å². The molecular weight excluding hydrogens is 463 g/mol. The van der Waals surface area contributed by atoms with Gasteiger partial charge in [-0.2, -0.15) is 0 Å². The van der Waals surface area contributed by atoms with E-state index in [9.17, 15) is 9.59 Å². The predicted octanol–water partition coefficient (Wildman–Crippen LogP) is 5.99. The standard InChI is InChI=1S/C25H32Cl2N2O2S/c1-3-5-14-28-25(31)23(4-2)29(15-13-19-9-7-6-8-10-19)24(30)18-32-17-20-11-12-21(26)22(27)16-20/h6-12,16,23H,3-5,13-15,17-18H2,1-2H3,(H,28,31)/t23-/m1/s1. The van der Waals surface area contributed by atoms with Crippen LogP contribution in [-0.4, -0.2) is 41.6 Å². The average molecular weight is 496 g/mol. The number of hydrogen-bond donors (Lipinski definition) is 1. The van der Waals surface area contributed by atoms with Crippen molar-refractivity contribution in [2.75, 3.05) is 18.8 Å². The van der Waals surface area contributed by atoms with Gasteiger partial charge in [-0.25, -0.2) is 0 Å². The molecule has 0 aromatic heterocycles. The number of amides is 2. The molecule has 0 unspecified atom stereocenters. The Hall–Kier alpha value is -1.69. The van der Waals surface area contributed by atoms with Crippen LogP contribution in [0.1, 0.15) is 44.2 Å². The van der Waals surface area contributed by atoms with Crippen molar-refractivity contribution in [1.82, 2.24) is 10.2 Å². The third-order valence-electron chi connectivity index (χ3n) is 5.18. The number of nitrogens with zero attached hydrogens (tertiary/aromatic N) is 1. The van der Waals surface area contributed by atoms with Crippen molar-refractivity contribution in [2.45, 2.75) is 51.3 Å². The van der Waals surface area contributed by atoms with Gasteiger partial charge in [0.2, 0.25) is 11.8 Å². The number of halogens is 2. The third-order valence-corrected chi connectivity index (χ3v) is 6.91. The zero-order valence-electron chi connectivity index (χ0n) is 18.8. The fourth-order valence-corrected chi connectivity index (χ4v) is 4.55. The van der Waals surface area contributed by atoms with E-state index in [1.54, 1.807) is 11.0 Å². The average Bonchev–Trinajstić information content (AvgIpc) is 2.79. The summed E-state index contributed by atoms with van der Waals surface area (Å²) in [7, 11) is 0. The number of benzene rings is 2. The lowest BCUT2D eigenvalue weighted by Gasteiger charge is -2.30. The highest BCUT2D eigenvalue weighted by Gasteiger charge is 2.27. The first-order chi connectivity index (χ1) is 15.5. The summed E-state index contributed by atoms with van der Waals surface area (Å²) < 4.78 is 0. The topological polar surface area (TPSA) is 49.4 Å². The molecule has 174 valence electrons. The Balaban J connectivity index is 2.04. The van der Waals surface area contributed by atoms with Crippen LogP contribution in [0.25, 0.3) is 0 Å². The molecule has 2 aromatic rings. The third kappa shape index (κ3) is 8.68. The molecule has 2 rings (SSSR count). The number of rotatable bonds is 13. The Bertz CT molecular complexity index is 864. The molecule has 2 aromatic carbocycles. The number of unbranched alkanes of at least 4 members (excludes halogenated alkanes) is 1. The summed E-state index contributed by atoms with van der Waals surface area (Å²) >= 11 is 13.6. The van der Waals surface area contributed by atoms with Gasteiger partial charge < -0.3 is 10.2 Å². The largest absolute Gasteiger partial charge is 0.354 e. The van der Waals surface area contributed by atoms with Crippen LogP contribution in [0.2, 0.25) is 10.0 Å². The minimum atomic E-state index is -0.464. The molecule has 0 saturated heterocycles. The normalized spacial score (nSPS) is 11.8. The van der Waals surface area contributed by atoms with Crippen LogP contribution in [0, 0.1) is 0 Å². The van der Waals surface area contributed by atoms with E-state index in [1.807, 2.05) is 49.4 Å². The maximum atomic E-state index is 13.2. The zero-order valence-corrected chi connectivity index (χ0v) is 21.1. The molecule has 0 aliphatic heterocycles. The lowest BCUT2D eigenvalue weighted by atomic mass is 10.1. The van der Waals surface area contributed by atoms with E-state index >= 15 is 0 Å². The summed E-state index contributed by atoms with van der Waals surface area (Å²) in [5.41, 5.74) is 2.16. The van der Waals surface area contributed by atoms with Crippen molar-refractivity contribution in [3.05, 3.63) is 69.7 Å². The minimum Gasteiger partial charge on any atom is -0.354 e. The van der Waals surface area contributed by atoms with E-state index in [0.717, 1.165) is 24.0 Å². The van der Waals surface area contributed by atoms with Crippen LogP contribution >= 0.6 is 35.0 Å². The van der Waals surface area contributed by atoms with Crippen LogP contribution in [0.5, 0.6) is 0 Å². The van der Waals surface area contributed by atoms with Crippen LogP contribution in [-0.2, 0) is 21.8 Å². The van der Waals surface area contributed by atoms with Crippen molar-refractivity contribution in [3.63, 3.8) is 0 Å². The molecule has 7 heteroatoms. The van der Waals surface area contributed by atoms with E-state index in [4.69, 9.17) is 23.2 Å². The van der Waals surface area contributed by atoms with Gasteiger partial charge in [-0.1, -0.05) is 79.9 Å². The van der Waals surface area contributed by atoms with E-state index in [0.29, 0.717) is 47.5 Å². The molecule has 0 saturated carbocycles. The second-order valence-corrected chi connectivity index (χ2v) is 9.43. The summed E-state index contributed by atoms with van der Waals surface area (Å²) in [4.78, 5) is 27.8. The Labute approximate surface area is 206 Å². The maximum absolute atomic E-state index is 13.2. The van der Waals surface area contributed by atoms with Crippen LogP contribution in [0.3, 0.4) is 0 Å². The minimum absolute atomic E-state index is 0.0246. The van der Waals surface area contributed by atoms with Crippen molar-refractivity contribution in [2.24, 2.45) is 0 Å². The van der Waals surface area contributed by atoms with Crippen molar-refractivity contribution >= 4 is 46.8 Å². The highest BCUT2D eigenvalue weighted by molar-refractivity contribution is 7.99. The molecule has 4 nitrogen and oxygen atoms in total. The number of carbonyl (C=O) groups is 2. The molecule has 0 bridgehead atoms. The molecule has 0 spiro atoms. The van der Waals surface area contributed by atoms with Gasteiger partial charge in [-0.3, -0.25) is 9.59 Å². The van der Waals surface area contributed by atoms with Gasteiger partial charge >= 0.3 is 0 Å². The second-order valence-electron chi connectivity index (χ2n) is 7.63. The molecule has 0 heterocycles. The van der Waals surface area contributed by atoms with Crippen LogP contribution < -0.4 is 5.32 Å². The fraction of sp³-hybridized carbons (Fsp3) is 0.440. The van der Waals surface area contributed by atoms with Gasteiger partial charge in [0.15, 0.2) is 0 Å². The SMILES string of the molecule is CCCCNC(=O)[C@@H](CC)N(CCc1ccccc1)C(=O)CSCc1ccc(Cl)c(Cl)c1. The van der Waals surface area contributed by atoms with Gasteiger partial charge in [-0.15, -0.1) is 11.8 Å². The molecular formula is C25H32Cl2N2O2S. The molecule has 1 atom stereocenters. The predicted molar refractivity (Wildman–Crippen MR) is 136 cm³/mol. The smallest absolute Gasteiger partial charge is 0.242 e. The Morgan fingerprint density at radius 2 is 1.78 bits per heavy atom. The Morgan fingerprint density at radius 3 is 2.44 bits per heavy atom. The summed E-state index contributed by atoms with van der Waals surface area (Å²) in [5.74, 6) is 0.850. The molecule has 0 fully saturated rings. The molecule has 2 amide bonds. The fourth-order valence-electron chi connectivity index (χ4n) is 3.37. The summed E-state index contributed by atoms with van der Waals surface area (Å²) in [5, 5.41) is 4.02. The first-order valence-electron chi connectivity index (χ1n) is 11.1. The van der Waals surface area contributed by atoms with Crippen molar-refractivity contribution in [3.8, 4) is 0 Å². The Morgan fingerprint density at radius 1 is 1.03 bits per heavy atom. The molecule has 32 heavy (non-hydrogen) atoms. The van der Waals surface area contributed by atoms with E-state index < -0.39 is 6.04 Å². The quantitative estimate of drug-likeness (QED) is 0.347. The monoisotopic (exact) mass is 494 g/mol. The Kier molecular flexibility index (Phi) is 12.0. The van der Waals surface area contributed by atoms with Gasteiger partial charge in [0.05, 0.1) is 15.8 Å². The van der Waals surface area contributed by atoms with E-state index in [-0.39, 0.29) is 11.8 Å². The van der Waals surface area contributed by atoms with Crippen LogP contribution in [0.4, 0.5) is 0 Å². The van der Waals surface area contributed by atoms with Gasteiger partial charge in [-0.05, 0) is 42.5 Å². The maximum Gasteiger partial charge on any atom is 0.242 e. The van der Waals surface area contributed by atoms with Crippen molar-refractivity contribution < 1.29 is 9.59 Å². The first-order valence-corrected chi connectivity index (χ1v) is 13.0. The van der Waals surface area contributed by atoms with E-state index in [2.05, 4.69) is 12.2 Å². The summed E-state index contributed by atoms with van der Waals surface area (Å²) in [6.07, 6.45) is 3.23. The molecule has 0 radical (unpaired) electrons. The van der Waals surface area contributed by atoms with Crippen molar-refractivity contribution in [1.29, 1.82) is 0 Å². The molecule has 0 aliphatic rings. The number of hydrogen-bond acceptors (Lipinski definition) is 3.